The molecule has 0 saturated heterocycles. The number of hydrogen-bond donors (Lipinski definition) is 5. The van der Waals surface area contributed by atoms with E-state index in [9.17, 15) is 4.57 Å². The van der Waals surface area contributed by atoms with Crippen LogP contribution in [0.5, 0.6) is 0 Å². The van der Waals surface area contributed by atoms with Gasteiger partial charge in [0.15, 0.2) is 0 Å². The molecule has 0 bridgehead atoms. The van der Waals surface area contributed by atoms with E-state index in [1.54, 1.807) is 20.8 Å². The highest BCUT2D eigenvalue weighted by Gasteiger charge is 2.13. The summed E-state index contributed by atoms with van der Waals surface area (Å²) < 4.78 is 18.0. The number of rotatable bonds is 2. The lowest BCUT2D eigenvalue weighted by molar-refractivity contribution is 0.204. The second kappa shape index (κ2) is 29.7. The number of aliphatic hydroxyl groups excluding tert-OH is 3. The molecule has 0 radical (unpaired) electrons. The van der Waals surface area contributed by atoms with Gasteiger partial charge in [-0.1, -0.05) is 0 Å². The van der Waals surface area contributed by atoms with Gasteiger partial charge in [-0.3, -0.25) is 9.05 Å². The Hall–Kier alpha value is -0.0500. The standard InChI is InChI=1S/C2H7O4P.3C2H6O.H3N/c1-5-7(3,4)6-2;3*1-2-3;/h1-2H3,(H,3,4);3*3H,2H2,1H3;1H3. The number of phosphoric ester groups is 1. The van der Waals surface area contributed by atoms with Gasteiger partial charge in [0.05, 0.1) is 0 Å². The Labute approximate surface area is 103 Å². The lowest BCUT2D eigenvalue weighted by atomic mass is 10.9. The summed E-state index contributed by atoms with van der Waals surface area (Å²) in [4.78, 5) is 8.24. The molecule has 8 nitrogen and oxygen atoms in total. The molecule has 0 aliphatic rings. The highest BCUT2D eigenvalue weighted by Crippen LogP contribution is 2.40. The molecule has 9 heteroatoms. The van der Waals surface area contributed by atoms with Crippen LogP contribution in [0.4, 0.5) is 0 Å². The van der Waals surface area contributed by atoms with Crippen LogP contribution in [0.3, 0.4) is 0 Å². The van der Waals surface area contributed by atoms with Gasteiger partial charge in [0, 0.05) is 34.0 Å². The summed E-state index contributed by atoms with van der Waals surface area (Å²) in [6, 6.07) is 0. The predicted molar refractivity (Wildman–Crippen MR) is 67.1 cm³/mol. The molecule has 0 spiro atoms. The van der Waals surface area contributed by atoms with Crippen molar-refractivity contribution in [3.05, 3.63) is 0 Å². The average molecular weight is 281 g/mol. The topological polar surface area (TPSA) is 151 Å². The van der Waals surface area contributed by atoms with Crippen LogP contribution in [-0.2, 0) is 13.6 Å². The van der Waals surface area contributed by atoms with Crippen molar-refractivity contribution in [3.63, 3.8) is 0 Å². The van der Waals surface area contributed by atoms with Gasteiger partial charge in [-0.05, 0) is 20.8 Å². The molecule has 0 rings (SSSR count). The van der Waals surface area contributed by atoms with E-state index in [2.05, 4.69) is 9.05 Å². The summed E-state index contributed by atoms with van der Waals surface area (Å²) in [7, 11) is -1.45. The van der Waals surface area contributed by atoms with E-state index in [4.69, 9.17) is 20.2 Å². The Bertz CT molecular complexity index is 124. The molecule has 0 heterocycles. The van der Waals surface area contributed by atoms with Crippen LogP contribution < -0.4 is 6.15 Å². The van der Waals surface area contributed by atoms with Crippen molar-refractivity contribution >= 4 is 7.82 Å². The third-order valence-corrected chi connectivity index (χ3v) is 1.38. The minimum Gasteiger partial charge on any atom is -0.397 e. The normalized spacial score (nSPS) is 8.06. The Kier molecular flexibility index (Phi) is 52.8. The van der Waals surface area contributed by atoms with Crippen LogP contribution in [-0.4, -0.2) is 54.3 Å². The van der Waals surface area contributed by atoms with Gasteiger partial charge in [0.2, 0.25) is 0 Å². The van der Waals surface area contributed by atoms with E-state index < -0.39 is 7.82 Å². The monoisotopic (exact) mass is 281 g/mol. The summed E-state index contributed by atoms with van der Waals surface area (Å²) in [5, 5.41) is 22.7. The minimum atomic E-state index is -3.65. The molecule has 0 saturated carbocycles. The molecule has 7 N–H and O–H groups in total. The van der Waals surface area contributed by atoms with Crippen molar-refractivity contribution in [1.82, 2.24) is 6.15 Å². The molecule has 0 amide bonds. The molecule has 0 aliphatic carbocycles. The molecule has 112 valence electrons. The zero-order valence-electron chi connectivity index (χ0n) is 11.3. The van der Waals surface area contributed by atoms with Gasteiger partial charge < -0.3 is 26.4 Å². The maximum atomic E-state index is 10.1. The average Bonchev–Trinajstić information content (AvgIpc) is 2.21. The number of aliphatic hydroxyl groups is 3. The van der Waals surface area contributed by atoms with E-state index in [0.29, 0.717) is 0 Å². The van der Waals surface area contributed by atoms with E-state index in [0.717, 1.165) is 14.2 Å². The molecule has 0 aliphatic heterocycles. The first kappa shape index (κ1) is 30.2. The van der Waals surface area contributed by atoms with Gasteiger partial charge >= 0.3 is 7.82 Å². The minimum absolute atomic E-state index is 0. The Morgan fingerprint density at radius 1 is 0.882 bits per heavy atom. The van der Waals surface area contributed by atoms with Crippen LogP contribution in [0, 0.1) is 0 Å². The zero-order valence-corrected chi connectivity index (χ0v) is 12.2. The van der Waals surface area contributed by atoms with E-state index in [1.807, 2.05) is 0 Å². The third kappa shape index (κ3) is 87.7. The largest absolute Gasteiger partial charge is 0.471 e. The van der Waals surface area contributed by atoms with Crippen molar-refractivity contribution in [2.75, 3.05) is 34.0 Å². The lowest BCUT2D eigenvalue weighted by Crippen LogP contribution is -1.83. The van der Waals surface area contributed by atoms with E-state index >= 15 is 0 Å². The molecule has 0 fully saturated rings. The van der Waals surface area contributed by atoms with Gasteiger partial charge in [0.25, 0.3) is 0 Å². The molecule has 0 aromatic rings. The zero-order chi connectivity index (χ0) is 14.0. The molecule has 0 aromatic carbocycles. The Balaban J connectivity index is -0.0000000411. The molecule has 0 atom stereocenters. The maximum Gasteiger partial charge on any atom is 0.471 e. The van der Waals surface area contributed by atoms with Crippen molar-refractivity contribution < 1.29 is 33.8 Å². The molecular weight excluding hydrogens is 253 g/mol. The molecule has 0 aromatic heterocycles. The van der Waals surface area contributed by atoms with Crippen molar-refractivity contribution in [3.8, 4) is 0 Å². The lowest BCUT2D eigenvalue weighted by Gasteiger charge is -2.01. The van der Waals surface area contributed by atoms with E-state index in [-0.39, 0.29) is 26.0 Å². The highest BCUT2D eigenvalue weighted by molar-refractivity contribution is 7.47. The number of hydrogen-bond acceptors (Lipinski definition) is 7. The summed E-state index contributed by atoms with van der Waals surface area (Å²) >= 11 is 0. The second-order valence-corrected chi connectivity index (χ2v) is 3.45. The first-order valence-corrected chi connectivity index (χ1v) is 6.13. The van der Waals surface area contributed by atoms with Crippen molar-refractivity contribution in [2.45, 2.75) is 20.8 Å². The van der Waals surface area contributed by atoms with Gasteiger partial charge in [-0.15, -0.1) is 0 Å². The molecular formula is C8H28NO7P. The smallest absolute Gasteiger partial charge is 0.397 e. The SMILES string of the molecule is CCO.CCO.CCO.COP(=O)(O)OC.N. The van der Waals surface area contributed by atoms with Crippen LogP contribution in [0.1, 0.15) is 20.8 Å². The first-order chi connectivity index (χ1) is 7.36. The Morgan fingerprint density at radius 2 is 1.00 bits per heavy atom. The fourth-order valence-corrected chi connectivity index (χ4v) is 0.224. The predicted octanol–water partition coefficient (Wildman–Crippen LogP) is 0.537. The first-order valence-electron chi connectivity index (χ1n) is 4.63. The van der Waals surface area contributed by atoms with Crippen molar-refractivity contribution in [2.24, 2.45) is 0 Å². The second-order valence-electron chi connectivity index (χ2n) is 1.78. The fraction of sp³-hybridized carbons (Fsp3) is 1.00. The van der Waals surface area contributed by atoms with Crippen LogP contribution in [0.2, 0.25) is 0 Å². The summed E-state index contributed by atoms with van der Waals surface area (Å²) in [6.45, 7) is 5.79. The molecule has 0 unspecified atom stereocenters. The van der Waals surface area contributed by atoms with Crippen LogP contribution >= 0.6 is 7.82 Å². The quantitative estimate of drug-likeness (QED) is 0.460. The van der Waals surface area contributed by atoms with Crippen LogP contribution in [0.15, 0.2) is 0 Å². The fourth-order valence-electron chi connectivity index (χ4n) is 0.0745. The van der Waals surface area contributed by atoms with Crippen molar-refractivity contribution in [1.29, 1.82) is 0 Å². The maximum absolute atomic E-state index is 10.1. The Morgan fingerprint density at radius 3 is 1.00 bits per heavy atom. The summed E-state index contributed by atoms with van der Waals surface area (Å²) in [5.41, 5.74) is 0. The van der Waals surface area contributed by atoms with Gasteiger partial charge in [-0.2, -0.15) is 0 Å². The summed E-state index contributed by atoms with van der Waals surface area (Å²) in [6.07, 6.45) is 0. The highest BCUT2D eigenvalue weighted by atomic mass is 31.2. The van der Waals surface area contributed by atoms with Gasteiger partial charge in [-0.25, -0.2) is 4.57 Å². The van der Waals surface area contributed by atoms with Crippen LogP contribution in [0.25, 0.3) is 0 Å². The summed E-state index contributed by atoms with van der Waals surface area (Å²) in [5.74, 6) is 0. The van der Waals surface area contributed by atoms with Gasteiger partial charge in [0.1, 0.15) is 0 Å². The third-order valence-electron chi connectivity index (χ3n) is 0.461. The number of phosphoric acid groups is 1. The van der Waals surface area contributed by atoms with E-state index in [1.165, 1.54) is 0 Å². The molecule has 17 heavy (non-hydrogen) atoms.